The number of amides is 3. The summed E-state index contributed by atoms with van der Waals surface area (Å²) in [6, 6.07) is 14.1. The zero-order chi connectivity index (χ0) is 26.6. The minimum atomic E-state index is -2.76. The van der Waals surface area contributed by atoms with Gasteiger partial charge in [0, 0.05) is 23.8 Å². The molecule has 37 heavy (non-hydrogen) atoms. The van der Waals surface area contributed by atoms with E-state index in [2.05, 4.69) is 15.6 Å². The molecule has 2 aromatic carbocycles. The summed E-state index contributed by atoms with van der Waals surface area (Å²) in [7, 11) is 1.20. The Morgan fingerprint density at radius 3 is 2.32 bits per heavy atom. The summed E-state index contributed by atoms with van der Waals surface area (Å²) in [6.45, 7) is 0. The van der Waals surface area contributed by atoms with Crippen molar-refractivity contribution in [2.45, 2.75) is 43.2 Å². The number of nitrogens with two attached hydrogens (primary N) is 1. The van der Waals surface area contributed by atoms with Gasteiger partial charge < -0.3 is 21.1 Å². The second-order valence-corrected chi connectivity index (χ2v) is 9.72. The van der Waals surface area contributed by atoms with Crippen molar-refractivity contribution in [2.24, 2.45) is 5.73 Å². The molecular formula is C26H26F2N4O4S. The number of alkyl carbamates (subject to hydrolysis) is 1. The number of hydrogen-bond donors (Lipinski definition) is 3. The fourth-order valence-corrected chi connectivity index (χ4v) is 4.85. The number of carbonyl (C=O) groups is 3. The Labute approximate surface area is 216 Å². The van der Waals surface area contributed by atoms with Crippen molar-refractivity contribution in [3.05, 3.63) is 87.4 Å². The van der Waals surface area contributed by atoms with Gasteiger partial charge in [-0.3, -0.25) is 9.59 Å². The summed E-state index contributed by atoms with van der Waals surface area (Å²) in [5, 5.41) is 7.53. The minimum Gasteiger partial charge on any atom is -0.453 e. The van der Waals surface area contributed by atoms with Crippen LogP contribution in [0.4, 0.5) is 13.6 Å². The van der Waals surface area contributed by atoms with Gasteiger partial charge in [-0.05, 0) is 29.7 Å². The lowest BCUT2D eigenvalue weighted by molar-refractivity contribution is -0.123. The summed E-state index contributed by atoms with van der Waals surface area (Å²) in [4.78, 5) is 41.2. The zero-order valence-corrected chi connectivity index (χ0v) is 20.8. The number of halogens is 2. The lowest BCUT2D eigenvalue weighted by Gasteiger charge is -2.22. The van der Waals surface area contributed by atoms with Gasteiger partial charge in [0.05, 0.1) is 24.8 Å². The summed E-state index contributed by atoms with van der Waals surface area (Å²) in [6.07, 6.45) is -0.527. The molecule has 3 amide bonds. The monoisotopic (exact) mass is 528 g/mol. The van der Waals surface area contributed by atoms with E-state index in [0.717, 1.165) is 11.1 Å². The maximum Gasteiger partial charge on any atom is 0.407 e. The van der Waals surface area contributed by atoms with Gasteiger partial charge in [0.1, 0.15) is 11.0 Å². The molecule has 1 aliphatic carbocycles. The first-order valence-electron chi connectivity index (χ1n) is 11.6. The SMILES string of the molecule is COC(=O)N[C@@H](Cc1ccccc1)C(=O)N[C@@H](Cc1ccc(C(N)=O)cc1)c1nc(C2CC2(F)F)cs1. The number of nitrogens with one attached hydrogen (secondary N) is 2. The van der Waals surface area contributed by atoms with Crippen LogP contribution in [0.15, 0.2) is 60.0 Å². The molecule has 3 atom stereocenters. The van der Waals surface area contributed by atoms with Crippen LogP contribution in [0.3, 0.4) is 0 Å². The molecule has 1 heterocycles. The molecule has 0 bridgehead atoms. The second-order valence-electron chi connectivity index (χ2n) is 8.83. The Bertz CT molecular complexity index is 1270. The van der Waals surface area contributed by atoms with E-state index in [1.807, 2.05) is 30.3 Å². The Morgan fingerprint density at radius 2 is 1.73 bits per heavy atom. The molecule has 1 saturated carbocycles. The fourth-order valence-electron chi connectivity index (χ4n) is 3.93. The highest BCUT2D eigenvalue weighted by molar-refractivity contribution is 7.09. The number of methoxy groups -OCH3 is 1. The zero-order valence-electron chi connectivity index (χ0n) is 19.9. The first-order valence-corrected chi connectivity index (χ1v) is 12.4. The van der Waals surface area contributed by atoms with Crippen molar-refractivity contribution in [1.82, 2.24) is 15.6 Å². The van der Waals surface area contributed by atoms with Crippen LogP contribution in [0.1, 0.15) is 50.6 Å². The summed E-state index contributed by atoms with van der Waals surface area (Å²) >= 11 is 1.18. The van der Waals surface area contributed by atoms with Gasteiger partial charge in [0.2, 0.25) is 11.8 Å². The van der Waals surface area contributed by atoms with Crippen LogP contribution in [0, 0.1) is 0 Å². The summed E-state index contributed by atoms with van der Waals surface area (Å²) in [5.41, 5.74) is 7.54. The third kappa shape index (κ3) is 6.67. The highest BCUT2D eigenvalue weighted by atomic mass is 32.1. The topological polar surface area (TPSA) is 123 Å². The Morgan fingerprint density at radius 1 is 1.08 bits per heavy atom. The van der Waals surface area contributed by atoms with E-state index in [-0.39, 0.29) is 19.3 Å². The van der Waals surface area contributed by atoms with Crippen LogP contribution < -0.4 is 16.4 Å². The highest BCUT2D eigenvalue weighted by Crippen LogP contribution is 2.55. The van der Waals surface area contributed by atoms with E-state index >= 15 is 0 Å². The molecular weight excluding hydrogens is 502 g/mol. The van der Waals surface area contributed by atoms with E-state index in [4.69, 9.17) is 10.5 Å². The Hall–Kier alpha value is -3.86. The predicted octanol–water partition coefficient (Wildman–Crippen LogP) is 3.73. The molecule has 0 radical (unpaired) electrons. The number of primary amides is 1. The maximum absolute atomic E-state index is 13.6. The maximum atomic E-state index is 13.6. The van der Waals surface area contributed by atoms with E-state index < -0.39 is 41.8 Å². The van der Waals surface area contributed by atoms with Gasteiger partial charge in [-0.1, -0.05) is 42.5 Å². The number of hydrogen-bond acceptors (Lipinski definition) is 6. The van der Waals surface area contributed by atoms with Gasteiger partial charge in [-0.2, -0.15) is 0 Å². The van der Waals surface area contributed by atoms with Gasteiger partial charge in [-0.15, -0.1) is 11.3 Å². The van der Waals surface area contributed by atoms with Crippen LogP contribution >= 0.6 is 11.3 Å². The van der Waals surface area contributed by atoms with E-state index in [1.165, 1.54) is 18.4 Å². The van der Waals surface area contributed by atoms with Gasteiger partial charge in [-0.25, -0.2) is 18.6 Å². The Kier molecular flexibility index (Phi) is 7.82. The van der Waals surface area contributed by atoms with Crippen molar-refractivity contribution in [1.29, 1.82) is 0 Å². The molecule has 1 aromatic heterocycles. The first kappa shape index (κ1) is 26.2. The average molecular weight is 529 g/mol. The molecule has 1 aliphatic rings. The molecule has 3 aromatic rings. The summed E-state index contributed by atoms with van der Waals surface area (Å²) in [5.74, 6) is -4.74. The summed E-state index contributed by atoms with van der Waals surface area (Å²) < 4.78 is 31.9. The molecule has 0 aliphatic heterocycles. The van der Waals surface area contributed by atoms with Crippen molar-refractivity contribution in [2.75, 3.05) is 7.11 Å². The number of benzene rings is 2. The van der Waals surface area contributed by atoms with Crippen LogP contribution in [0.2, 0.25) is 0 Å². The average Bonchev–Trinajstić information content (AvgIpc) is 3.26. The van der Waals surface area contributed by atoms with Crippen LogP contribution in [-0.2, 0) is 22.4 Å². The quantitative estimate of drug-likeness (QED) is 0.370. The van der Waals surface area contributed by atoms with Gasteiger partial charge in [0.25, 0.3) is 5.92 Å². The minimum absolute atomic E-state index is 0.208. The van der Waals surface area contributed by atoms with Crippen molar-refractivity contribution in [3.8, 4) is 0 Å². The van der Waals surface area contributed by atoms with E-state index in [0.29, 0.717) is 16.3 Å². The van der Waals surface area contributed by atoms with Gasteiger partial charge >= 0.3 is 6.09 Å². The molecule has 4 rings (SSSR count). The number of nitrogens with zero attached hydrogens (tertiary/aromatic N) is 1. The van der Waals surface area contributed by atoms with Gasteiger partial charge in [0.15, 0.2) is 0 Å². The number of ether oxygens (including phenoxy) is 1. The van der Waals surface area contributed by atoms with Crippen molar-refractivity contribution in [3.63, 3.8) is 0 Å². The number of rotatable bonds is 10. The third-order valence-corrected chi connectivity index (χ3v) is 7.07. The van der Waals surface area contributed by atoms with Crippen molar-refractivity contribution < 1.29 is 27.9 Å². The molecule has 0 saturated heterocycles. The molecule has 1 fully saturated rings. The third-order valence-electron chi connectivity index (χ3n) is 6.09. The van der Waals surface area contributed by atoms with E-state index in [9.17, 15) is 23.2 Å². The molecule has 194 valence electrons. The molecule has 11 heteroatoms. The molecule has 1 unspecified atom stereocenters. The first-order chi connectivity index (χ1) is 17.7. The van der Waals surface area contributed by atoms with Crippen LogP contribution in [-0.4, -0.2) is 42.0 Å². The lowest BCUT2D eigenvalue weighted by Crippen LogP contribution is -2.49. The number of alkyl halides is 2. The lowest BCUT2D eigenvalue weighted by atomic mass is 10.0. The normalized spacial score (nSPS) is 17.3. The smallest absolute Gasteiger partial charge is 0.407 e. The second kappa shape index (κ2) is 11.0. The molecule has 8 nitrogen and oxygen atoms in total. The molecule has 4 N–H and O–H groups in total. The molecule has 0 spiro atoms. The van der Waals surface area contributed by atoms with Crippen LogP contribution in [0.5, 0.6) is 0 Å². The van der Waals surface area contributed by atoms with E-state index in [1.54, 1.807) is 29.6 Å². The number of aromatic nitrogens is 1. The van der Waals surface area contributed by atoms with Crippen LogP contribution in [0.25, 0.3) is 0 Å². The highest BCUT2D eigenvalue weighted by Gasteiger charge is 2.58. The largest absolute Gasteiger partial charge is 0.453 e. The number of thiazole rings is 1. The van der Waals surface area contributed by atoms with Crippen molar-refractivity contribution >= 4 is 29.2 Å². The fraction of sp³-hybridized carbons (Fsp3) is 0.308. The number of carbonyl (C=O) groups excluding carboxylic acids is 3. The standard InChI is InChI=1S/C26H26F2N4O4S/c1-36-25(35)32-19(11-15-5-3-2-4-6-15)23(34)30-20(12-16-7-9-17(10-8-16)22(29)33)24-31-21(14-37-24)18-13-26(18,27)28/h2-10,14,18-20H,11-13H2,1H3,(H2,29,33)(H,30,34)(H,32,35)/t18?,19-,20-/m0/s1. The Balaban J connectivity index is 1.58. The predicted molar refractivity (Wildman–Crippen MR) is 133 cm³/mol.